The number of ether oxygens (including phenoxy) is 1. The van der Waals surface area contributed by atoms with Gasteiger partial charge in [0.1, 0.15) is 6.10 Å². The molecule has 0 saturated carbocycles. The van der Waals surface area contributed by atoms with Gasteiger partial charge in [-0.15, -0.1) is 0 Å². The molecule has 2 bridgehead atoms. The predicted molar refractivity (Wildman–Crippen MR) is 79.0 cm³/mol. The second kappa shape index (κ2) is 3.70. The van der Waals surface area contributed by atoms with Crippen molar-refractivity contribution in [3.05, 3.63) is 41.2 Å². The van der Waals surface area contributed by atoms with E-state index >= 15 is 0 Å². The molecule has 1 saturated heterocycles. The van der Waals surface area contributed by atoms with Crippen molar-refractivity contribution in [2.75, 3.05) is 13.6 Å². The third-order valence-electron chi connectivity index (χ3n) is 6.40. The Hall–Kier alpha value is -1.35. The van der Waals surface area contributed by atoms with Crippen LogP contribution in [-0.2, 0) is 11.8 Å². The Bertz CT molecular complexity index is 669. The Labute approximate surface area is 124 Å². The van der Waals surface area contributed by atoms with Crippen LogP contribution in [0.5, 0.6) is 5.75 Å². The predicted octanol–water partition coefficient (Wildman–Crippen LogP) is 2.91. The van der Waals surface area contributed by atoms with Crippen LogP contribution in [0.3, 0.4) is 0 Å². The number of hydrogen-bond donors (Lipinski definition) is 0. The molecule has 0 radical (unpaired) electrons. The molecule has 2 nitrogen and oxygen atoms in total. The van der Waals surface area contributed by atoms with E-state index in [1.165, 1.54) is 11.1 Å². The summed E-state index contributed by atoms with van der Waals surface area (Å²) in [6, 6.07) is 4.11. The Morgan fingerprint density at radius 2 is 2.19 bits per heavy atom. The van der Waals surface area contributed by atoms with Gasteiger partial charge >= 0.3 is 0 Å². The molecule has 1 spiro atoms. The van der Waals surface area contributed by atoms with Gasteiger partial charge in [0.2, 0.25) is 0 Å². The summed E-state index contributed by atoms with van der Waals surface area (Å²) < 4.78 is 20.5. The topological polar surface area (TPSA) is 12.5 Å². The molecule has 0 aromatic heterocycles. The highest BCUT2D eigenvalue weighted by Gasteiger charge is 2.63. The van der Waals surface area contributed by atoms with Gasteiger partial charge in [0.25, 0.3) is 0 Å². The first kappa shape index (κ1) is 12.2. The number of hydrogen-bond acceptors (Lipinski definition) is 2. The van der Waals surface area contributed by atoms with Gasteiger partial charge in [-0.05, 0) is 38.1 Å². The van der Waals surface area contributed by atoms with Crippen LogP contribution in [0.15, 0.2) is 24.3 Å². The van der Waals surface area contributed by atoms with Crippen molar-refractivity contribution < 1.29 is 9.13 Å². The minimum absolute atomic E-state index is 0.0103. The number of likely N-dealkylation sites (tertiary alicyclic amines) is 1. The van der Waals surface area contributed by atoms with Crippen LogP contribution < -0.4 is 4.74 Å². The fourth-order valence-corrected chi connectivity index (χ4v) is 5.48. The molecule has 1 fully saturated rings. The van der Waals surface area contributed by atoms with Crippen molar-refractivity contribution in [2.45, 2.75) is 37.3 Å². The van der Waals surface area contributed by atoms with E-state index in [4.69, 9.17) is 4.74 Å². The van der Waals surface area contributed by atoms with Gasteiger partial charge in [0.15, 0.2) is 11.6 Å². The summed E-state index contributed by atoms with van der Waals surface area (Å²) in [4.78, 5) is 2.48. The summed E-state index contributed by atoms with van der Waals surface area (Å²) >= 11 is 0. The van der Waals surface area contributed by atoms with Crippen LogP contribution in [0.1, 0.15) is 24.5 Å². The smallest absolute Gasteiger partial charge is 0.165 e. The number of benzene rings is 1. The highest BCUT2D eigenvalue weighted by Crippen LogP contribution is 2.61. The fourth-order valence-electron chi connectivity index (χ4n) is 5.48. The van der Waals surface area contributed by atoms with Gasteiger partial charge < -0.3 is 9.64 Å². The first-order valence-electron chi connectivity index (χ1n) is 8.00. The highest BCUT2D eigenvalue weighted by molar-refractivity contribution is 5.56. The van der Waals surface area contributed by atoms with Crippen molar-refractivity contribution in [2.24, 2.45) is 11.8 Å². The van der Waals surface area contributed by atoms with E-state index in [2.05, 4.69) is 31.0 Å². The molecule has 2 aliphatic heterocycles. The van der Waals surface area contributed by atoms with E-state index in [9.17, 15) is 4.39 Å². The molecule has 110 valence electrons. The van der Waals surface area contributed by atoms with Crippen molar-refractivity contribution in [1.82, 2.24) is 4.90 Å². The van der Waals surface area contributed by atoms with Gasteiger partial charge in [-0.2, -0.15) is 0 Å². The Kier molecular flexibility index (Phi) is 2.15. The summed E-state index contributed by atoms with van der Waals surface area (Å²) in [6.45, 7) is 3.29. The monoisotopic (exact) mass is 285 g/mol. The largest absolute Gasteiger partial charge is 0.485 e. The quantitative estimate of drug-likeness (QED) is 0.680. The highest BCUT2D eigenvalue weighted by atomic mass is 19.1. The fraction of sp³-hybridized carbons (Fsp3) is 0.556. The second-order valence-corrected chi connectivity index (χ2v) is 7.26. The van der Waals surface area contributed by atoms with E-state index < -0.39 is 0 Å². The average Bonchev–Trinajstić information content (AvgIpc) is 2.83. The van der Waals surface area contributed by atoms with E-state index in [1.54, 1.807) is 6.07 Å². The van der Waals surface area contributed by atoms with Crippen LogP contribution in [-0.4, -0.2) is 30.6 Å². The minimum Gasteiger partial charge on any atom is -0.485 e. The normalized spacial score (nSPS) is 42.6. The first-order chi connectivity index (χ1) is 10.1. The molecule has 1 aromatic carbocycles. The number of halogens is 1. The molecule has 5 atom stereocenters. The summed E-state index contributed by atoms with van der Waals surface area (Å²) in [6.07, 6.45) is 6.88. The standard InChI is InChI=1S/C18H20FNO/c1-10-3-5-12-14-9-11-4-6-13(19)16-15(11)18(12,17(10)21-16)7-8-20(14)2/h3-6,10,12,14,17H,7-9H2,1-2H3/t10-,12-,14?,17-,18-/m0/s1. The van der Waals surface area contributed by atoms with Gasteiger partial charge in [-0.3, -0.25) is 0 Å². The van der Waals surface area contributed by atoms with Crippen LogP contribution in [0, 0.1) is 17.7 Å². The molecule has 3 heteroatoms. The van der Waals surface area contributed by atoms with E-state index in [0.29, 0.717) is 23.6 Å². The summed E-state index contributed by atoms with van der Waals surface area (Å²) in [5, 5.41) is 0. The van der Waals surface area contributed by atoms with Crippen LogP contribution in [0.2, 0.25) is 0 Å². The third kappa shape index (κ3) is 1.24. The maximum Gasteiger partial charge on any atom is 0.165 e. The van der Waals surface area contributed by atoms with Crippen molar-refractivity contribution in [1.29, 1.82) is 0 Å². The van der Waals surface area contributed by atoms with Crippen molar-refractivity contribution in [3.63, 3.8) is 0 Å². The second-order valence-electron chi connectivity index (χ2n) is 7.26. The van der Waals surface area contributed by atoms with Crippen LogP contribution >= 0.6 is 0 Å². The van der Waals surface area contributed by atoms with E-state index in [1.807, 2.05) is 6.07 Å². The summed E-state index contributed by atoms with van der Waals surface area (Å²) in [5.41, 5.74) is 2.53. The van der Waals surface area contributed by atoms with Gasteiger partial charge in [-0.1, -0.05) is 25.1 Å². The van der Waals surface area contributed by atoms with Crippen molar-refractivity contribution in [3.8, 4) is 5.75 Å². The van der Waals surface area contributed by atoms with Crippen molar-refractivity contribution >= 4 is 0 Å². The molecule has 1 unspecified atom stereocenters. The maximum absolute atomic E-state index is 14.3. The third-order valence-corrected chi connectivity index (χ3v) is 6.40. The molecule has 0 N–H and O–H groups in total. The van der Waals surface area contributed by atoms with Crippen LogP contribution in [0.25, 0.3) is 0 Å². The molecular formula is C18H20FNO. The first-order valence-corrected chi connectivity index (χ1v) is 8.00. The summed E-state index contributed by atoms with van der Waals surface area (Å²) in [7, 11) is 2.23. The zero-order chi connectivity index (χ0) is 14.4. The molecule has 4 aliphatic rings. The van der Waals surface area contributed by atoms with Gasteiger partial charge in [0, 0.05) is 28.9 Å². The Morgan fingerprint density at radius 1 is 1.33 bits per heavy atom. The molecule has 1 aromatic rings. The molecule has 21 heavy (non-hydrogen) atoms. The molecule has 5 rings (SSSR count). The number of piperidine rings is 1. The number of rotatable bonds is 0. The van der Waals surface area contributed by atoms with E-state index in [0.717, 1.165) is 19.4 Å². The summed E-state index contributed by atoms with van der Waals surface area (Å²) in [5.74, 6) is 1.19. The average molecular weight is 285 g/mol. The van der Waals surface area contributed by atoms with Gasteiger partial charge in [0.05, 0.1) is 0 Å². The van der Waals surface area contributed by atoms with E-state index in [-0.39, 0.29) is 17.3 Å². The Morgan fingerprint density at radius 3 is 3.05 bits per heavy atom. The minimum atomic E-state index is -0.180. The lowest BCUT2D eigenvalue weighted by atomic mass is 9.52. The SMILES string of the molecule is C[C@H]1C=C[C@H]2C3Cc4ccc(F)c5c4[C@@]2(CCN3C)[C@H]1O5. The maximum atomic E-state index is 14.3. The molecular weight excluding hydrogens is 265 g/mol. The lowest BCUT2D eigenvalue weighted by molar-refractivity contribution is -0.0145. The number of nitrogens with zero attached hydrogens (tertiary/aromatic N) is 1. The zero-order valence-electron chi connectivity index (χ0n) is 12.5. The zero-order valence-corrected chi connectivity index (χ0v) is 12.5. The van der Waals surface area contributed by atoms with Crippen LogP contribution in [0.4, 0.5) is 4.39 Å². The number of likely N-dealkylation sites (N-methyl/N-ethyl adjacent to an activating group) is 1. The Balaban J connectivity index is 1.84. The molecule has 2 heterocycles. The lowest BCUT2D eigenvalue weighted by Gasteiger charge is -2.56. The molecule has 2 aliphatic carbocycles. The lowest BCUT2D eigenvalue weighted by Crippen LogP contribution is -2.63. The molecule has 0 amide bonds. The van der Waals surface area contributed by atoms with Gasteiger partial charge in [-0.25, -0.2) is 4.39 Å².